The fourth-order valence-corrected chi connectivity index (χ4v) is 12.1. The van der Waals surface area contributed by atoms with E-state index >= 15 is 0 Å². The van der Waals surface area contributed by atoms with Crippen molar-refractivity contribution >= 4 is 41.4 Å². The van der Waals surface area contributed by atoms with Crippen molar-refractivity contribution in [1.29, 1.82) is 0 Å². The Labute approximate surface area is 443 Å². The quantitative estimate of drug-likeness (QED) is 0.0941. The van der Waals surface area contributed by atoms with Crippen LogP contribution in [-0.2, 0) is 62.2 Å². The maximum Gasteiger partial charge on any atom is 0.417 e. The van der Waals surface area contributed by atoms with Crippen molar-refractivity contribution in [2.24, 2.45) is 23.0 Å². The zero-order chi connectivity index (χ0) is 54.4. The van der Waals surface area contributed by atoms with Crippen molar-refractivity contribution in [2.75, 3.05) is 60.1 Å². The number of likely N-dealkylation sites (tertiary alicyclic amines) is 1. The molecule has 2 saturated carbocycles. The van der Waals surface area contributed by atoms with Crippen LogP contribution in [0.5, 0.6) is 0 Å². The third kappa shape index (κ3) is 15.3. The Bertz CT molecular complexity index is 2340. The van der Waals surface area contributed by atoms with Crippen LogP contribution in [0.1, 0.15) is 138 Å². The predicted octanol–water partition coefficient (Wildman–Crippen LogP) is 3.87. The molecule has 6 atom stereocenters. The van der Waals surface area contributed by atoms with E-state index in [2.05, 4.69) is 31.2 Å². The minimum atomic E-state index is -4.55. The number of nitrogens with one attached hydrogen (secondary N) is 4. The molecule has 418 valence electrons. The van der Waals surface area contributed by atoms with Crippen LogP contribution in [0.4, 0.5) is 13.2 Å². The zero-order valence-corrected chi connectivity index (χ0v) is 44.0. The molecule has 3 aliphatic heterocycles. The van der Waals surface area contributed by atoms with Gasteiger partial charge in [-0.25, -0.2) is 0 Å². The number of aromatic nitrogens is 2. The fourth-order valence-electron chi connectivity index (χ4n) is 12.1. The number of carbonyl (C=O) groups is 7. The lowest BCUT2D eigenvalue weighted by molar-refractivity contribution is -0.143. The van der Waals surface area contributed by atoms with Crippen LogP contribution in [0.2, 0.25) is 0 Å². The second-order valence-corrected chi connectivity index (χ2v) is 21.4. The summed E-state index contributed by atoms with van der Waals surface area (Å²) in [6, 6.07) is 4.23. The first kappa shape index (κ1) is 58.0. The fraction of sp³-hybridized carbons (Fsp3) is 0.685. The molecule has 22 heteroatoms. The zero-order valence-electron chi connectivity index (χ0n) is 44.0. The molecule has 2 aliphatic carbocycles. The van der Waals surface area contributed by atoms with Gasteiger partial charge in [0.2, 0.25) is 41.4 Å². The normalized spacial score (nSPS) is 25.6. The van der Waals surface area contributed by atoms with Crippen LogP contribution < -0.4 is 27.0 Å². The maximum absolute atomic E-state index is 14.7. The van der Waals surface area contributed by atoms with Gasteiger partial charge in [0.05, 0.1) is 35.6 Å². The number of nitrogens with zero attached hydrogens (tertiary/aromatic N) is 5. The Morgan fingerprint density at radius 2 is 1.70 bits per heavy atom. The number of hydrogen-bond acceptors (Lipinski definition) is 12. The molecule has 5 heterocycles. The number of ether oxygens (including phenoxy) is 2. The van der Waals surface area contributed by atoms with E-state index in [1.807, 2.05) is 6.07 Å². The number of halogens is 3. The molecule has 2 aromatic rings. The Morgan fingerprint density at radius 3 is 2.43 bits per heavy atom. The van der Waals surface area contributed by atoms with Crippen LogP contribution >= 0.6 is 0 Å². The van der Waals surface area contributed by atoms with Gasteiger partial charge in [-0.1, -0.05) is 6.07 Å². The van der Waals surface area contributed by atoms with Crippen molar-refractivity contribution in [3.8, 4) is 0 Å². The van der Waals surface area contributed by atoms with E-state index in [9.17, 15) is 46.7 Å². The van der Waals surface area contributed by atoms with Crippen molar-refractivity contribution < 1.29 is 56.2 Å². The highest BCUT2D eigenvalue weighted by atomic mass is 19.4. The number of rotatable bonds is 24. The number of alkyl halides is 3. The molecule has 2 saturated heterocycles. The lowest BCUT2D eigenvalue weighted by atomic mass is 9.79. The van der Waals surface area contributed by atoms with Gasteiger partial charge in [0.15, 0.2) is 0 Å². The van der Waals surface area contributed by atoms with E-state index in [4.69, 9.17) is 15.2 Å². The van der Waals surface area contributed by atoms with Gasteiger partial charge in [-0.2, -0.15) is 13.2 Å². The minimum Gasteiger partial charge on any atom is -0.379 e. The second-order valence-electron chi connectivity index (χ2n) is 21.4. The highest BCUT2D eigenvalue weighted by molar-refractivity contribution is 5.90. The number of hydrogen-bond donors (Lipinski definition) is 5. The Kier molecular flexibility index (Phi) is 20.6. The highest BCUT2D eigenvalue weighted by Gasteiger charge is 2.48. The molecule has 76 heavy (non-hydrogen) atoms. The number of pyridine rings is 2. The molecule has 2 aromatic heterocycles. The minimum absolute atomic E-state index is 0.0160. The smallest absolute Gasteiger partial charge is 0.379 e. The van der Waals surface area contributed by atoms with Gasteiger partial charge in [-0.05, 0) is 107 Å². The lowest BCUT2D eigenvalue weighted by Gasteiger charge is -2.38. The summed E-state index contributed by atoms with van der Waals surface area (Å²) >= 11 is 0. The number of nitrogens with two attached hydrogens (primary N) is 1. The summed E-state index contributed by atoms with van der Waals surface area (Å²) in [4.78, 5) is 105. The molecular formula is C54H77F3N10O9. The second kappa shape index (κ2) is 27.0. The van der Waals surface area contributed by atoms with E-state index in [1.165, 1.54) is 0 Å². The van der Waals surface area contributed by atoms with E-state index in [1.54, 1.807) is 47.3 Å². The summed E-state index contributed by atoms with van der Waals surface area (Å²) in [5.74, 6) is -2.20. The van der Waals surface area contributed by atoms with Crippen molar-refractivity contribution in [3.63, 3.8) is 0 Å². The summed E-state index contributed by atoms with van der Waals surface area (Å²) in [5, 5.41) is 12.6. The topological polar surface area (TPSA) is 248 Å². The standard InChI is InChI=1S/C54H77F3N10O9/c1-65-48(71)29-41(49(65)36-8-4-21-59-31-36)51(73)62-24-7-23-60-46(69)10-5-25-67(47(70)11-3-9-45(58)68)40-14-12-35(13-15-40)50(72)61-22-6-19-53(20-16-39(30-53)64-43-18-27-76-34-44(43)75-2)52(74)66-26-17-42-37(33-66)28-38(32-63-42)54(55,56)57/h4,8,21,28,31-32,35,39-41,43-44,49,64H,3,5-7,9-20,22-27,29-30,33-34H2,1-2H3,(H2,58,68)(H,60,69)(H,61,72)(H,62,73)/t35?,39-,40?,41+,43+,44-,49-,53+/m1/s1. The molecule has 5 aliphatic rings. The van der Waals surface area contributed by atoms with E-state index in [0.29, 0.717) is 134 Å². The van der Waals surface area contributed by atoms with Crippen LogP contribution in [0, 0.1) is 17.3 Å². The summed E-state index contributed by atoms with van der Waals surface area (Å²) in [6.07, 6.45) is 7.36. The SMILES string of the molecule is CO[C@@H]1COCC[C@@H]1N[C@@H]1CC[C@](CCCNC(=O)C2CCC(N(CCCC(=O)NCCCNC(=O)[C@H]3CC(=O)N(C)[C@@H]3c3cccnc3)C(=O)CCCC(N)=O)CC2)(C(=O)N2CCc3ncc(C(F)(F)F)cc3C2)C1. The molecule has 7 amide bonds. The summed E-state index contributed by atoms with van der Waals surface area (Å²) in [7, 11) is 3.33. The Hall–Kier alpha value is -5.74. The van der Waals surface area contributed by atoms with Gasteiger partial charge in [-0.3, -0.25) is 43.5 Å². The van der Waals surface area contributed by atoms with Crippen molar-refractivity contribution in [3.05, 3.63) is 59.2 Å². The van der Waals surface area contributed by atoms with Gasteiger partial charge in [0, 0.05) is 140 Å². The molecule has 0 bridgehead atoms. The molecular weight excluding hydrogens is 990 g/mol. The monoisotopic (exact) mass is 1070 g/mol. The summed E-state index contributed by atoms with van der Waals surface area (Å²) in [5.41, 5.74) is 5.49. The third-order valence-electron chi connectivity index (χ3n) is 16.3. The van der Waals surface area contributed by atoms with Gasteiger partial charge in [0.25, 0.3) is 0 Å². The van der Waals surface area contributed by atoms with Gasteiger partial charge in [0.1, 0.15) is 0 Å². The predicted molar refractivity (Wildman–Crippen MR) is 272 cm³/mol. The Balaban J connectivity index is 0.865. The average molecular weight is 1070 g/mol. The molecule has 19 nitrogen and oxygen atoms in total. The number of amides is 7. The molecule has 0 spiro atoms. The van der Waals surface area contributed by atoms with Crippen LogP contribution in [-0.4, -0.2) is 150 Å². The third-order valence-corrected chi connectivity index (χ3v) is 16.3. The van der Waals surface area contributed by atoms with E-state index < -0.39 is 35.0 Å². The molecule has 0 aromatic carbocycles. The lowest BCUT2D eigenvalue weighted by Crippen LogP contribution is -2.51. The number of carbonyl (C=O) groups excluding carboxylic acids is 7. The molecule has 0 radical (unpaired) electrons. The first-order valence-corrected chi connectivity index (χ1v) is 27.2. The number of fused-ring (bicyclic) bond motifs is 1. The van der Waals surface area contributed by atoms with Crippen LogP contribution in [0.3, 0.4) is 0 Å². The van der Waals surface area contributed by atoms with E-state index in [-0.39, 0.29) is 97.8 Å². The average Bonchev–Trinajstić information content (AvgIpc) is 3.97. The molecule has 7 rings (SSSR count). The molecule has 6 N–H and O–H groups in total. The number of methoxy groups -OCH3 is 1. The van der Waals surface area contributed by atoms with Crippen molar-refractivity contribution in [1.82, 2.24) is 45.9 Å². The molecule has 0 unspecified atom stereocenters. The largest absolute Gasteiger partial charge is 0.417 e. The number of primary amides is 1. The molecule has 4 fully saturated rings. The van der Waals surface area contributed by atoms with E-state index in [0.717, 1.165) is 30.7 Å². The summed E-state index contributed by atoms with van der Waals surface area (Å²) in [6.45, 7) is 2.76. The first-order valence-electron chi connectivity index (χ1n) is 27.2. The first-order chi connectivity index (χ1) is 36.5. The van der Waals surface area contributed by atoms with Gasteiger partial charge in [-0.15, -0.1) is 0 Å². The van der Waals surface area contributed by atoms with Crippen molar-refractivity contribution in [2.45, 2.75) is 159 Å². The van der Waals surface area contributed by atoms with Gasteiger partial charge >= 0.3 is 6.18 Å². The highest BCUT2D eigenvalue weighted by Crippen LogP contribution is 2.45. The van der Waals surface area contributed by atoms with Crippen LogP contribution in [0.25, 0.3) is 0 Å². The van der Waals surface area contributed by atoms with Crippen LogP contribution in [0.15, 0.2) is 36.8 Å². The maximum atomic E-state index is 14.7. The summed E-state index contributed by atoms with van der Waals surface area (Å²) < 4.78 is 52.3. The Morgan fingerprint density at radius 1 is 0.934 bits per heavy atom. The van der Waals surface area contributed by atoms with Gasteiger partial charge < -0.3 is 51.2 Å².